The highest BCUT2D eigenvalue weighted by Gasteiger charge is 2.28. The molecule has 1 saturated heterocycles. The molecule has 1 atom stereocenters. The molecular weight excluding hydrogens is 302 g/mol. The molecule has 1 aromatic carbocycles. The lowest BCUT2D eigenvalue weighted by Gasteiger charge is -2.22. The van der Waals surface area contributed by atoms with Gasteiger partial charge >= 0.3 is 5.97 Å². The Hall–Kier alpha value is -2.36. The summed E-state index contributed by atoms with van der Waals surface area (Å²) in [5, 5.41) is 8.92. The minimum absolute atomic E-state index is 0.169. The third-order valence-corrected chi connectivity index (χ3v) is 4.25. The van der Waals surface area contributed by atoms with E-state index in [9.17, 15) is 9.59 Å². The topological polar surface area (TPSA) is 57.6 Å². The number of nitrogens with zero attached hydrogens (tertiary/aromatic N) is 1. The van der Waals surface area contributed by atoms with Crippen molar-refractivity contribution in [2.24, 2.45) is 0 Å². The molecular formula is C20H25NO3. The Labute approximate surface area is 143 Å². The third kappa shape index (κ3) is 5.08. The Balaban J connectivity index is 1.91. The zero-order valence-electron chi connectivity index (χ0n) is 14.1. The predicted molar refractivity (Wildman–Crippen MR) is 95.0 cm³/mol. The van der Waals surface area contributed by atoms with Crippen LogP contribution in [0, 0.1) is 0 Å². The van der Waals surface area contributed by atoms with Crippen LogP contribution < -0.4 is 0 Å². The first-order valence-corrected chi connectivity index (χ1v) is 8.57. The van der Waals surface area contributed by atoms with Gasteiger partial charge in [-0.15, -0.1) is 0 Å². The summed E-state index contributed by atoms with van der Waals surface area (Å²) in [6.07, 6.45) is 12.8. The number of unbranched alkanes of at least 4 members (excludes halogenated alkanes) is 1. The van der Waals surface area contributed by atoms with Crippen molar-refractivity contribution in [2.75, 3.05) is 6.54 Å². The van der Waals surface area contributed by atoms with Gasteiger partial charge in [0.15, 0.2) is 0 Å². The summed E-state index contributed by atoms with van der Waals surface area (Å²) in [7, 11) is 0. The number of carboxylic acid groups (broad SMARTS) is 1. The van der Waals surface area contributed by atoms with Crippen molar-refractivity contribution in [1.29, 1.82) is 0 Å². The molecule has 4 heteroatoms. The van der Waals surface area contributed by atoms with Gasteiger partial charge in [-0.2, -0.15) is 0 Å². The third-order valence-electron chi connectivity index (χ3n) is 4.25. The van der Waals surface area contributed by atoms with Crippen molar-refractivity contribution in [3.63, 3.8) is 0 Å². The Morgan fingerprint density at radius 2 is 2.04 bits per heavy atom. The molecule has 1 N–H and O–H groups in total. The van der Waals surface area contributed by atoms with Crippen LogP contribution >= 0.6 is 0 Å². The molecule has 0 bridgehead atoms. The number of allylic oxidation sites excluding steroid dienone is 3. The van der Waals surface area contributed by atoms with E-state index < -0.39 is 5.97 Å². The van der Waals surface area contributed by atoms with Gasteiger partial charge in [0.2, 0.25) is 5.91 Å². The maximum absolute atomic E-state index is 12.1. The van der Waals surface area contributed by atoms with E-state index in [4.69, 9.17) is 5.11 Å². The van der Waals surface area contributed by atoms with Gasteiger partial charge in [-0.1, -0.05) is 49.8 Å². The Morgan fingerprint density at radius 1 is 1.29 bits per heavy atom. The fourth-order valence-corrected chi connectivity index (χ4v) is 2.84. The minimum Gasteiger partial charge on any atom is -0.478 e. The molecule has 1 fully saturated rings. The van der Waals surface area contributed by atoms with E-state index in [1.165, 1.54) is 0 Å². The molecule has 0 saturated carbocycles. The summed E-state index contributed by atoms with van der Waals surface area (Å²) in [6, 6.07) is 7.03. The van der Waals surface area contributed by atoms with Gasteiger partial charge in [0.05, 0.1) is 11.6 Å². The SMILES string of the molecule is CCC/C=C/C=C\C1CCC(=O)N1CCc1ccc(C(=O)O)cc1. The second-order valence-corrected chi connectivity index (χ2v) is 6.05. The normalized spacial score (nSPS) is 18.1. The van der Waals surface area contributed by atoms with Crippen LogP contribution in [0.25, 0.3) is 0 Å². The maximum atomic E-state index is 12.1. The molecule has 1 amide bonds. The lowest BCUT2D eigenvalue weighted by molar-refractivity contribution is -0.128. The molecule has 0 aromatic heterocycles. The quantitative estimate of drug-likeness (QED) is 0.738. The Kier molecular flexibility index (Phi) is 6.79. The van der Waals surface area contributed by atoms with Crippen molar-refractivity contribution in [3.05, 3.63) is 59.7 Å². The molecule has 0 aliphatic carbocycles. The molecule has 1 heterocycles. The van der Waals surface area contributed by atoms with Crippen molar-refractivity contribution in [1.82, 2.24) is 4.90 Å². The van der Waals surface area contributed by atoms with Crippen LogP contribution in [0.2, 0.25) is 0 Å². The van der Waals surface area contributed by atoms with Gasteiger partial charge in [-0.05, 0) is 37.0 Å². The number of rotatable bonds is 8. The number of carbonyl (C=O) groups is 2. The average Bonchev–Trinajstić information content (AvgIpc) is 2.93. The molecule has 1 aromatic rings. The van der Waals surface area contributed by atoms with Crippen LogP contribution in [0.1, 0.15) is 48.5 Å². The van der Waals surface area contributed by atoms with Gasteiger partial charge in [0, 0.05) is 13.0 Å². The summed E-state index contributed by atoms with van der Waals surface area (Å²) < 4.78 is 0. The highest BCUT2D eigenvalue weighted by molar-refractivity contribution is 5.87. The number of carboxylic acids is 1. The van der Waals surface area contributed by atoms with Gasteiger partial charge < -0.3 is 10.0 Å². The van der Waals surface area contributed by atoms with E-state index in [1.54, 1.807) is 12.1 Å². The predicted octanol–water partition coefficient (Wildman–Crippen LogP) is 3.83. The molecule has 24 heavy (non-hydrogen) atoms. The van der Waals surface area contributed by atoms with Crippen LogP contribution in [0.15, 0.2) is 48.6 Å². The number of amides is 1. The maximum Gasteiger partial charge on any atom is 0.335 e. The number of aromatic carboxylic acids is 1. The smallest absolute Gasteiger partial charge is 0.335 e. The van der Waals surface area contributed by atoms with Gasteiger partial charge in [0.1, 0.15) is 0 Å². The van der Waals surface area contributed by atoms with Crippen LogP contribution in [-0.2, 0) is 11.2 Å². The molecule has 0 spiro atoms. The lowest BCUT2D eigenvalue weighted by atomic mass is 10.1. The Bertz CT molecular complexity index is 616. The molecule has 1 unspecified atom stereocenters. The second kappa shape index (κ2) is 9.06. The van der Waals surface area contributed by atoms with Crippen LogP contribution in [0.5, 0.6) is 0 Å². The van der Waals surface area contributed by atoms with Gasteiger partial charge in [0.25, 0.3) is 0 Å². The van der Waals surface area contributed by atoms with Crippen molar-refractivity contribution < 1.29 is 14.7 Å². The number of carbonyl (C=O) groups excluding carboxylic acids is 1. The van der Waals surface area contributed by atoms with E-state index in [0.717, 1.165) is 31.2 Å². The second-order valence-electron chi connectivity index (χ2n) is 6.05. The fourth-order valence-electron chi connectivity index (χ4n) is 2.84. The van der Waals surface area contributed by atoms with E-state index in [1.807, 2.05) is 23.1 Å². The molecule has 1 aliphatic heterocycles. The zero-order valence-corrected chi connectivity index (χ0v) is 14.1. The van der Waals surface area contributed by atoms with E-state index in [2.05, 4.69) is 25.2 Å². The average molecular weight is 327 g/mol. The lowest BCUT2D eigenvalue weighted by Crippen LogP contribution is -2.33. The highest BCUT2D eigenvalue weighted by Crippen LogP contribution is 2.20. The summed E-state index contributed by atoms with van der Waals surface area (Å²) in [5.74, 6) is -0.720. The highest BCUT2D eigenvalue weighted by atomic mass is 16.4. The van der Waals surface area contributed by atoms with Crippen molar-refractivity contribution in [3.8, 4) is 0 Å². The van der Waals surface area contributed by atoms with E-state index in [-0.39, 0.29) is 17.5 Å². The summed E-state index contributed by atoms with van der Waals surface area (Å²) >= 11 is 0. The van der Waals surface area contributed by atoms with Crippen molar-refractivity contribution in [2.45, 2.75) is 45.1 Å². The first kappa shape index (κ1) is 18.0. The van der Waals surface area contributed by atoms with Crippen molar-refractivity contribution >= 4 is 11.9 Å². The van der Waals surface area contributed by atoms with Crippen LogP contribution in [-0.4, -0.2) is 34.5 Å². The fraction of sp³-hybridized carbons (Fsp3) is 0.400. The molecule has 1 aliphatic rings. The van der Waals surface area contributed by atoms with Gasteiger partial charge in [-0.3, -0.25) is 4.79 Å². The van der Waals surface area contributed by atoms with E-state index in [0.29, 0.717) is 13.0 Å². The summed E-state index contributed by atoms with van der Waals surface area (Å²) in [4.78, 5) is 24.9. The number of benzene rings is 1. The first-order valence-electron chi connectivity index (χ1n) is 8.57. The standard InChI is InChI=1S/C20H25NO3/c1-2-3-4-5-6-7-18-12-13-19(22)21(18)15-14-16-8-10-17(11-9-16)20(23)24/h4-11,18H,2-3,12-15H2,1H3,(H,23,24)/b5-4+,7-6-. The summed E-state index contributed by atoms with van der Waals surface area (Å²) in [5.41, 5.74) is 1.33. The molecule has 0 radical (unpaired) electrons. The monoisotopic (exact) mass is 327 g/mol. The molecule has 128 valence electrons. The van der Waals surface area contributed by atoms with Crippen LogP contribution in [0.3, 0.4) is 0 Å². The molecule has 2 rings (SSSR count). The van der Waals surface area contributed by atoms with Gasteiger partial charge in [-0.25, -0.2) is 4.79 Å². The number of hydrogen-bond donors (Lipinski definition) is 1. The first-order chi connectivity index (χ1) is 11.6. The number of hydrogen-bond acceptors (Lipinski definition) is 2. The van der Waals surface area contributed by atoms with Crippen LogP contribution in [0.4, 0.5) is 0 Å². The number of likely N-dealkylation sites (tertiary alicyclic amines) is 1. The Morgan fingerprint density at radius 3 is 2.71 bits per heavy atom. The zero-order chi connectivity index (χ0) is 17.4. The van der Waals surface area contributed by atoms with E-state index >= 15 is 0 Å². The summed E-state index contributed by atoms with van der Waals surface area (Å²) in [6.45, 7) is 2.81. The largest absolute Gasteiger partial charge is 0.478 e. The minimum atomic E-state index is -0.919. The molecule has 4 nitrogen and oxygen atoms in total.